The summed E-state index contributed by atoms with van der Waals surface area (Å²) in [5.41, 5.74) is 1.56. The van der Waals surface area contributed by atoms with E-state index in [-0.39, 0.29) is 21.9 Å². The highest BCUT2D eigenvalue weighted by molar-refractivity contribution is 6.51. The summed E-state index contributed by atoms with van der Waals surface area (Å²) >= 11 is 6.28. The van der Waals surface area contributed by atoms with Gasteiger partial charge in [-0.15, -0.1) is 0 Å². The molecule has 162 valence electrons. The van der Waals surface area contributed by atoms with Gasteiger partial charge < -0.3 is 9.84 Å². The summed E-state index contributed by atoms with van der Waals surface area (Å²) in [6, 6.07) is 10.8. The lowest BCUT2D eigenvalue weighted by atomic mass is 9.95. The Kier molecular flexibility index (Phi) is 5.67. The van der Waals surface area contributed by atoms with Crippen molar-refractivity contribution in [1.29, 1.82) is 0 Å². The second-order valence-electron chi connectivity index (χ2n) is 7.26. The van der Waals surface area contributed by atoms with E-state index in [4.69, 9.17) is 16.3 Å². The third-order valence-electron chi connectivity index (χ3n) is 5.20. The Morgan fingerprint density at radius 1 is 1.19 bits per heavy atom. The Bertz CT molecular complexity index is 1240. The lowest BCUT2D eigenvalue weighted by Crippen LogP contribution is -2.29. The number of pyridine rings is 1. The van der Waals surface area contributed by atoms with Gasteiger partial charge in [0.15, 0.2) is 0 Å². The van der Waals surface area contributed by atoms with E-state index in [2.05, 4.69) is 4.98 Å². The predicted octanol–water partition coefficient (Wildman–Crippen LogP) is 4.82. The fraction of sp³-hybridized carbons (Fsp3) is 0.125. The van der Waals surface area contributed by atoms with Crippen LogP contribution in [-0.2, 0) is 9.59 Å². The normalized spacial score (nSPS) is 17.6. The summed E-state index contributed by atoms with van der Waals surface area (Å²) in [6.45, 7) is 1.78. The lowest BCUT2D eigenvalue weighted by Gasteiger charge is -2.25. The molecule has 0 spiro atoms. The number of amides is 1. The monoisotopic (exact) mass is 452 g/mol. The molecule has 1 N–H and O–H groups in total. The van der Waals surface area contributed by atoms with Crippen LogP contribution in [0.25, 0.3) is 5.76 Å². The van der Waals surface area contributed by atoms with Crippen LogP contribution in [0, 0.1) is 12.7 Å². The van der Waals surface area contributed by atoms with Gasteiger partial charge in [0.25, 0.3) is 11.7 Å². The van der Waals surface area contributed by atoms with Crippen LogP contribution in [-0.4, -0.2) is 28.9 Å². The zero-order valence-electron chi connectivity index (χ0n) is 17.2. The quantitative estimate of drug-likeness (QED) is 0.349. The SMILES string of the molecule is COc1c(Cl)cc(C)cc1/C(O)=C1\C(=O)C(=O)N(c2ccc(F)cc2)C1c1cccnc1. The number of ether oxygens (including phenoxy) is 1. The van der Waals surface area contributed by atoms with Gasteiger partial charge >= 0.3 is 0 Å². The molecule has 3 aromatic rings. The van der Waals surface area contributed by atoms with E-state index in [9.17, 15) is 19.1 Å². The van der Waals surface area contributed by atoms with Gasteiger partial charge in [0, 0.05) is 18.1 Å². The number of rotatable bonds is 4. The van der Waals surface area contributed by atoms with Gasteiger partial charge in [-0.2, -0.15) is 0 Å². The van der Waals surface area contributed by atoms with Crippen molar-refractivity contribution in [2.24, 2.45) is 0 Å². The number of carbonyl (C=O) groups is 2. The van der Waals surface area contributed by atoms with Crippen molar-refractivity contribution in [3.05, 3.63) is 94.0 Å². The third-order valence-corrected chi connectivity index (χ3v) is 5.48. The molecular weight excluding hydrogens is 435 g/mol. The second-order valence-corrected chi connectivity index (χ2v) is 7.67. The lowest BCUT2D eigenvalue weighted by molar-refractivity contribution is -0.132. The average molecular weight is 453 g/mol. The van der Waals surface area contributed by atoms with E-state index in [1.54, 1.807) is 37.4 Å². The number of aromatic nitrogens is 1. The summed E-state index contributed by atoms with van der Waals surface area (Å²) in [5.74, 6) is -2.48. The number of aliphatic hydroxyl groups is 1. The molecule has 32 heavy (non-hydrogen) atoms. The first-order valence-electron chi connectivity index (χ1n) is 9.64. The maximum atomic E-state index is 13.5. The molecule has 6 nitrogen and oxygen atoms in total. The van der Waals surface area contributed by atoms with Gasteiger partial charge in [0.1, 0.15) is 17.3 Å². The molecule has 0 saturated carbocycles. The number of hydrogen-bond acceptors (Lipinski definition) is 5. The molecule has 1 saturated heterocycles. The van der Waals surface area contributed by atoms with Crippen LogP contribution in [0.4, 0.5) is 10.1 Å². The molecule has 4 rings (SSSR count). The topological polar surface area (TPSA) is 79.7 Å². The first kappa shape index (κ1) is 21.5. The fourth-order valence-corrected chi connectivity index (χ4v) is 4.16. The first-order valence-corrected chi connectivity index (χ1v) is 10.0. The molecule has 1 amide bonds. The molecule has 1 fully saturated rings. The number of halogens is 2. The molecule has 1 atom stereocenters. The first-order chi connectivity index (χ1) is 15.3. The number of aliphatic hydroxyl groups excluding tert-OH is 1. The van der Waals surface area contributed by atoms with Gasteiger partial charge in [-0.3, -0.25) is 19.5 Å². The van der Waals surface area contributed by atoms with Crippen molar-refractivity contribution in [2.45, 2.75) is 13.0 Å². The molecule has 8 heteroatoms. The van der Waals surface area contributed by atoms with Gasteiger partial charge in [-0.25, -0.2) is 4.39 Å². The van der Waals surface area contributed by atoms with Crippen molar-refractivity contribution < 1.29 is 23.8 Å². The third kappa shape index (κ3) is 3.61. The predicted molar refractivity (Wildman–Crippen MR) is 118 cm³/mol. The number of anilines is 1. The van der Waals surface area contributed by atoms with Crippen LogP contribution >= 0.6 is 11.6 Å². The summed E-state index contributed by atoms with van der Waals surface area (Å²) in [6.07, 6.45) is 3.05. The van der Waals surface area contributed by atoms with E-state index in [0.717, 1.165) is 5.56 Å². The van der Waals surface area contributed by atoms with E-state index >= 15 is 0 Å². The zero-order chi connectivity index (χ0) is 23.0. The molecule has 1 unspecified atom stereocenters. The second kappa shape index (κ2) is 8.43. The minimum Gasteiger partial charge on any atom is -0.507 e. The van der Waals surface area contributed by atoms with Crippen LogP contribution in [0.15, 0.2) is 66.5 Å². The number of carbonyl (C=O) groups excluding carboxylic acids is 2. The van der Waals surface area contributed by atoms with Gasteiger partial charge in [0.05, 0.1) is 29.3 Å². The maximum Gasteiger partial charge on any atom is 0.300 e. The van der Waals surface area contributed by atoms with Crippen LogP contribution in [0.2, 0.25) is 5.02 Å². The van der Waals surface area contributed by atoms with Crippen molar-refractivity contribution >= 4 is 34.7 Å². The van der Waals surface area contributed by atoms with Crippen molar-refractivity contribution in [3.63, 3.8) is 0 Å². The van der Waals surface area contributed by atoms with Crippen LogP contribution < -0.4 is 9.64 Å². The zero-order valence-corrected chi connectivity index (χ0v) is 17.9. The number of hydrogen-bond donors (Lipinski definition) is 1. The summed E-state index contributed by atoms with van der Waals surface area (Å²) in [5, 5.41) is 11.5. The highest BCUT2D eigenvalue weighted by Gasteiger charge is 2.47. The van der Waals surface area contributed by atoms with Crippen molar-refractivity contribution in [2.75, 3.05) is 12.0 Å². The summed E-state index contributed by atoms with van der Waals surface area (Å²) < 4.78 is 18.8. The van der Waals surface area contributed by atoms with E-state index in [1.807, 2.05) is 0 Å². The molecule has 0 radical (unpaired) electrons. The van der Waals surface area contributed by atoms with Gasteiger partial charge in [-0.1, -0.05) is 17.7 Å². The highest BCUT2D eigenvalue weighted by Crippen LogP contribution is 2.44. The van der Waals surface area contributed by atoms with E-state index in [0.29, 0.717) is 11.3 Å². The molecule has 1 aliphatic heterocycles. The number of methoxy groups -OCH3 is 1. The standard InChI is InChI=1S/C24H18ClFN2O4/c1-13-10-17(23(32-2)18(25)11-13)21(29)19-20(14-4-3-9-27-12-14)28(24(31)22(19)30)16-7-5-15(26)6-8-16/h3-12,20,29H,1-2H3/b21-19+. The Morgan fingerprint density at radius 2 is 1.91 bits per heavy atom. The number of aryl methyl sites for hydroxylation is 1. The molecule has 0 aliphatic carbocycles. The maximum absolute atomic E-state index is 13.5. The Hall–Kier alpha value is -3.71. The molecule has 1 aromatic heterocycles. The molecule has 2 heterocycles. The average Bonchev–Trinajstić information content (AvgIpc) is 3.04. The number of ketones is 1. The Labute approximate surface area is 188 Å². The van der Waals surface area contributed by atoms with Gasteiger partial charge in [-0.05, 0) is 60.5 Å². The van der Waals surface area contributed by atoms with Crippen LogP contribution in [0.1, 0.15) is 22.7 Å². The number of benzene rings is 2. The molecule has 0 bridgehead atoms. The smallest absolute Gasteiger partial charge is 0.300 e. The highest BCUT2D eigenvalue weighted by atomic mass is 35.5. The molecule has 1 aliphatic rings. The van der Waals surface area contributed by atoms with Crippen LogP contribution in [0.3, 0.4) is 0 Å². The van der Waals surface area contributed by atoms with E-state index < -0.39 is 29.3 Å². The van der Waals surface area contributed by atoms with E-state index in [1.165, 1.54) is 42.5 Å². The number of Topliss-reactive ketones (excluding diaryl/α,β-unsaturated/α-hetero) is 1. The summed E-state index contributed by atoms with van der Waals surface area (Å²) in [7, 11) is 1.39. The van der Waals surface area contributed by atoms with Crippen molar-refractivity contribution in [1.82, 2.24) is 4.98 Å². The van der Waals surface area contributed by atoms with Gasteiger partial charge in [0.2, 0.25) is 0 Å². The number of nitrogens with zero attached hydrogens (tertiary/aromatic N) is 2. The molecular formula is C24H18ClFN2O4. The van der Waals surface area contributed by atoms with Crippen molar-refractivity contribution in [3.8, 4) is 5.75 Å². The summed E-state index contributed by atoms with van der Waals surface area (Å²) in [4.78, 5) is 31.5. The van der Waals surface area contributed by atoms with Crippen LogP contribution in [0.5, 0.6) is 5.75 Å². The minimum atomic E-state index is -0.988. The Balaban J connectivity index is 1.99. The fourth-order valence-electron chi connectivity index (χ4n) is 3.81. The molecule has 2 aromatic carbocycles. The minimum absolute atomic E-state index is 0.146. The largest absolute Gasteiger partial charge is 0.507 e. The Morgan fingerprint density at radius 3 is 2.53 bits per heavy atom.